The molecule has 5 nitrogen and oxygen atoms in total. The molecule has 2 saturated heterocycles. The van der Waals surface area contributed by atoms with E-state index in [1.807, 2.05) is 7.05 Å². The molecule has 3 heterocycles. The first-order chi connectivity index (χ1) is 18.9. The first-order valence-corrected chi connectivity index (χ1v) is 14.4. The van der Waals surface area contributed by atoms with Gasteiger partial charge in [0, 0.05) is 36.5 Å². The van der Waals surface area contributed by atoms with E-state index in [0.717, 1.165) is 63.4 Å². The van der Waals surface area contributed by atoms with Gasteiger partial charge < -0.3 is 14.2 Å². The summed E-state index contributed by atoms with van der Waals surface area (Å²) in [4.78, 5) is 9.74. The van der Waals surface area contributed by atoms with Gasteiger partial charge in [0.2, 0.25) is 0 Å². The van der Waals surface area contributed by atoms with Crippen molar-refractivity contribution >= 4 is 28.3 Å². The van der Waals surface area contributed by atoms with Gasteiger partial charge in [0.15, 0.2) is 0 Å². The second kappa shape index (κ2) is 11.3. The van der Waals surface area contributed by atoms with E-state index in [0.29, 0.717) is 29.2 Å². The number of likely N-dealkylation sites (tertiary alicyclic amines) is 1. The minimum absolute atomic E-state index is 0.259. The first kappa shape index (κ1) is 26.3. The number of hydrogen-bond acceptors (Lipinski definition) is 4. The Kier molecular flexibility index (Phi) is 7.61. The van der Waals surface area contributed by atoms with Crippen LogP contribution in [0.15, 0.2) is 60.7 Å². The van der Waals surface area contributed by atoms with E-state index in [1.54, 1.807) is 12.1 Å². The standard InChI is InChI=1S/C32H36ClFN4O/c1-22-7-10-29-31(17-22)38(20-26-13-16-39-26)32(35-29)21-37-14-11-23(12-15-37)27-5-3-4-6-30(27)36(2)19-24-8-9-25(33)18-28(24)34/h3-10,17-18,23,26H,11-16,19-21H2,1-2H3/t26-/m0/s1. The molecule has 2 aliphatic rings. The lowest BCUT2D eigenvalue weighted by molar-refractivity contribution is -0.0592. The zero-order valence-electron chi connectivity index (χ0n) is 22.7. The van der Waals surface area contributed by atoms with Crippen LogP contribution < -0.4 is 4.90 Å². The zero-order valence-corrected chi connectivity index (χ0v) is 23.5. The van der Waals surface area contributed by atoms with Crippen LogP contribution in [0.2, 0.25) is 5.02 Å². The first-order valence-electron chi connectivity index (χ1n) is 14.0. The molecule has 2 aliphatic heterocycles. The Balaban J connectivity index is 1.15. The highest BCUT2D eigenvalue weighted by Crippen LogP contribution is 2.35. The van der Waals surface area contributed by atoms with Crippen molar-refractivity contribution < 1.29 is 9.13 Å². The molecule has 7 heteroatoms. The zero-order chi connectivity index (χ0) is 26.9. The number of ether oxygens (including phenoxy) is 1. The summed E-state index contributed by atoms with van der Waals surface area (Å²) in [5.74, 6) is 1.35. The predicted octanol–water partition coefficient (Wildman–Crippen LogP) is 6.94. The summed E-state index contributed by atoms with van der Waals surface area (Å²) in [7, 11) is 2.04. The van der Waals surface area contributed by atoms with Crippen molar-refractivity contribution in [2.75, 3.05) is 31.6 Å². The molecule has 0 amide bonds. The lowest BCUT2D eigenvalue weighted by Gasteiger charge is -2.34. The van der Waals surface area contributed by atoms with Crippen molar-refractivity contribution in [3.8, 4) is 0 Å². The van der Waals surface area contributed by atoms with E-state index in [9.17, 15) is 4.39 Å². The molecule has 204 valence electrons. The third-order valence-electron chi connectivity index (χ3n) is 8.33. The SMILES string of the molecule is Cc1ccc2nc(CN3CCC(c4ccccc4N(C)Cc4ccc(Cl)cc4F)CC3)n(C[C@@H]3CCO3)c2c1. The summed E-state index contributed by atoms with van der Waals surface area (Å²) in [6, 6.07) is 20.0. The molecule has 1 aromatic heterocycles. The fourth-order valence-corrected chi connectivity index (χ4v) is 6.17. The number of benzene rings is 3. The highest BCUT2D eigenvalue weighted by Gasteiger charge is 2.26. The third kappa shape index (κ3) is 5.69. The maximum Gasteiger partial charge on any atom is 0.129 e. The van der Waals surface area contributed by atoms with Crippen LogP contribution in [-0.2, 0) is 24.4 Å². The van der Waals surface area contributed by atoms with Crippen LogP contribution in [0.5, 0.6) is 0 Å². The molecule has 4 aromatic rings. The minimum Gasteiger partial charge on any atom is -0.376 e. The number of aryl methyl sites for hydroxylation is 1. The summed E-state index contributed by atoms with van der Waals surface area (Å²) >= 11 is 5.96. The molecule has 0 bridgehead atoms. The number of hydrogen-bond donors (Lipinski definition) is 0. The van der Waals surface area contributed by atoms with Gasteiger partial charge in [0.25, 0.3) is 0 Å². The van der Waals surface area contributed by atoms with Gasteiger partial charge in [0.1, 0.15) is 11.6 Å². The Morgan fingerprint density at radius 1 is 1.05 bits per heavy atom. The van der Waals surface area contributed by atoms with E-state index in [1.165, 1.54) is 28.4 Å². The molecule has 2 fully saturated rings. The normalized spacial score (nSPS) is 18.4. The maximum atomic E-state index is 14.5. The van der Waals surface area contributed by atoms with E-state index in [2.05, 4.69) is 63.8 Å². The molecule has 0 unspecified atom stereocenters. The van der Waals surface area contributed by atoms with Crippen LogP contribution in [0.3, 0.4) is 0 Å². The molecule has 0 saturated carbocycles. The highest BCUT2D eigenvalue weighted by molar-refractivity contribution is 6.30. The van der Waals surface area contributed by atoms with E-state index >= 15 is 0 Å². The predicted molar refractivity (Wildman–Crippen MR) is 156 cm³/mol. The van der Waals surface area contributed by atoms with Crippen molar-refractivity contribution in [3.63, 3.8) is 0 Å². The fourth-order valence-electron chi connectivity index (χ4n) is 6.01. The number of anilines is 1. The summed E-state index contributed by atoms with van der Waals surface area (Å²) in [6.45, 7) is 7.28. The molecule has 0 spiro atoms. The van der Waals surface area contributed by atoms with Crippen LogP contribution in [-0.4, -0.2) is 47.3 Å². The second-order valence-electron chi connectivity index (χ2n) is 11.1. The fraction of sp³-hybridized carbons (Fsp3) is 0.406. The van der Waals surface area contributed by atoms with Crippen molar-refractivity contribution in [1.82, 2.24) is 14.5 Å². The van der Waals surface area contributed by atoms with Gasteiger partial charge in [0.05, 0.1) is 30.2 Å². The molecule has 3 aromatic carbocycles. The number of fused-ring (bicyclic) bond motifs is 1. The molecule has 0 radical (unpaired) electrons. The number of rotatable bonds is 8. The second-order valence-corrected chi connectivity index (χ2v) is 11.5. The van der Waals surface area contributed by atoms with E-state index in [4.69, 9.17) is 21.3 Å². The Morgan fingerprint density at radius 3 is 2.59 bits per heavy atom. The Morgan fingerprint density at radius 2 is 1.85 bits per heavy atom. The number of para-hydroxylation sites is 1. The Labute approximate surface area is 235 Å². The number of piperidine rings is 1. The molecule has 39 heavy (non-hydrogen) atoms. The lowest BCUT2D eigenvalue weighted by Crippen LogP contribution is -2.35. The minimum atomic E-state index is -0.259. The van der Waals surface area contributed by atoms with Gasteiger partial charge in [-0.2, -0.15) is 0 Å². The van der Waals surface area contributed by atoms with Crippen molar-refractivity contribution in [1.29, 1.82) is 0 Å². The van der Waals surface area contributed by atoms with Crippen molar-refractivity contribution in [2.45, 2.75) is 57.8 Å². The van der Waals surface area contributed by atoms with Gasteiger partial charge in [-0.15, -0.1) is 0 Å². The Bertz CT molecular complexity index is 1460. The smallest absolute Gasteiger partial charge is 0.129 e. The van der Waals surface area contributed by atoms with Gasteiger partial charge >= 0.3 is 0 Å². The van der Waals surface area contributed by atoms with Crippen LogP contribution in [0, 0.1) is 12.7 Å². The summed E-state index contributed by atoms with van der Waals surface area (Å²) < 4.78 is 22.6. The van der Waals surface area contributed by atoms with Gasteiger partial charge in [-0.1, -0.05) is 41.9 Å². The number of imidazole rings is 1. The van der Waals surface area contributed by atoms with Crippen molar-refractivity contribution in [2.24, 2.45) is 0 Å². The Hall–Kier alpha value is -2.93. The van der Waals surface area contributed by atoms with Crippen molar-refractivity contribution in [3.05, 3.63) is 94.0 Å². The van der Waals surface area contributed by atoms with E-state index < -0.39 is 0 Å². The molecular formula is C32H36ClFN4O. The summed E-state index contributed by atoms with van der Waals surface area (Å²) in [5, 5.41) is 0.424. The van der Waals surface area contributed by atoms with E-state index in [-0.39, 0.29) is 5.82 Å². The molecule has 6 rings (SSSR count). The topological polar surface area (TPSA) is 33.5 Å². The van der Waals surface area contributed by atoms with Crippen LogP contribution in [0.25, 0.3) is 11.0 Å². The van der Waals surface area contributed by atoms with Gasteiger partial charge in [-0.05, 0) is 86.7 Å². The molecular weight excluding hydrogens is 511 g/mol. The monoisotopic (exact) mass is 546 g/mol. The average Bonchev–Trinajstić information content (AvgIpc) is 3.24. The maximum absolute atomic E-state index is 14.5. The third-order valence-corrected chi connectivity index (χ3v) is 8.56. The molecule has 0 aliphatic carbocycles. The molecule has 1 atom stereocenters. The van der Waals surface area contributed by atoms with Gasteiger partial charge in [-0.3, -0.25) is 4.90 Å². The number of halogens is 2. The van der Waals surface area contributed by atoms with Crippen LogP contribution in [0.1, 0.15) is 47.7 Å². The number of nitrogens with zero attached hydrogens (tertiary/aromatic N) is 4. The number of aromatic nitrogens is 2. The summed E-state index contributed by atoms with van der Waals surface area (Å²) in [6.07, 6.45) is 3.59. The van der Waals surface area contributed by atoms with Gasteiger partial charge in [-0.25, -0.2) is 9.37 Å². The lowest BCUT2D eigenvalue weighted by atomic mass is 9.88. The highest BCUT2D eigenvalue weighted by atomic mass is 35.5. The largest absolute Gasteiger partial charge is 0.376 e. The van der Waals surface area contributed by atoms with Crippen LogP contribution >= 0.6 is 11.6 Å². The quantitative estimate of drug-likeness (QED) is 0.240. The molecule has 0 N–H and O–H groups in total. The average molecular weight is 547 g/mol. The summed E-state index contributed by atoms with van der Waals surface area (Å²) in [5.41, 5.74) is 6.70. The van der Waals surface area contributed by atoms with Crippen LogP contribution in [0.4, 0.5) is 10.1 Å².